The highest BCUT2D eigenvalue weighted by Gasteiger charge is 2.27. The summed E-state index contributed by atoms with van der Waals surface area (Å²) in [5, 5.41) is 5.12. The summed E-state index contributed by atoms with van der Waals surface area (Å²) in [5.41, 5.74) is 4.98. The first-order chi connectivity index (χ1) is 15.2. The molecule has 0 aliphatic heterocycles. The SMILES string of the molecule is C/C(=N/NC(=O)CN(c1ccc(Cl)cc1)S(=O)(=O)c1ccc(C)cc1)c1ccc(Cl)cc1. The molecule has 0 spiro atoms. The Labute approximate surface area is 197 Å². The van der Waals surface area contributed by atoms with Gasteiger partial charge < -0.3 is 0 Å². The molecule has 0 atom stereocenters. The normalized spacial score (nSPS) is 11.8. The van der Waals surface area contributed by atoms with Crippen molar-refractivity contribution in [2.75, 3.05) is 10.8 Å². The van der Waals surface area contributed by atoms with Crippen LogP contribution < -0.4 is 9.73 Å². The maximum absolute atomic E-state index is 13.3. The van der Waals surface area contributed by atoms with Crippen molar-refractivity contribution in [3.8, 4) is 0 Å². The molecule has 1 amide bonds. The Kier molecular flexibility index (Phi) is 7.56. The predicted octanol–water partition coefficient (Wildman–Crippen LogP) is 5.04. The van der Waals surface area contributed by atoms with Gasteiger partial charge in [-0.3, -0.25) is 9.10 Å². The Balaban J connectivity index is 1.86. The summed E-state index contributed by atoms with van der Waals surface area (Å²) in [7, 11) is -4.01. The molecule has 166 valence electrons. The van der Waals surface area contributed by atoms with Crippen molar-refractivity contribution >= 4 is 50.5 Å². The average Bonchev–Trinajstić information content (AvgIpc) is 2.77. The number of aryl methyl sites for hydroxylation is 1. The topological polar surface area (TPSA) is 78.8 Å². The lowest BCUT2D eigenvalue weighted by molar-refractivity contribution is -0.119. The molecule has 0 aliphatic rings. The molecular weight excluding hydrogens is 469 g/mol. The van der Waals surface area contributed by atoms with Crippen LogP contribution >= 0.6 is 23.2 Å². The van der Waals surface area contributed by atoms with E-state index >= 15 is 0 Å². The van der Waals surface area contributed by atoms with Gasteiger partial charge in [0, 0.05) is 10.0 Å². The highest BCUT2D eigenvalue weighted by atomic mass is 35.5. The number of hydrogen-bond donors (Lipinski definition) is 1. The van der Waals surface area contributed by atoms with Crippen LogP contribution in [0.2, 0.25) is 10.0 Å². The maximum atomic E-state index is 13.3. The van der Waals surface area contributed by atoms with Gasteiger partial charge in [-0.15, -0.1) is 0 Å². The number of hydrazone groups is 1. The van der Waals surface area contributed by atoms with Crippen LogP contribution in [0.5, 0.6) is 0 Å². The summed E-state index contributed by atoms with van der Waals surface area (Å²) in [6.45, 7) is 3.13. The zero-order valence-corrected chi connectivity index (χ0v) is 19.7. The van der Waals surface area contributed by atoms with E-state index in [4.69, 9.17) is 23.2 Å². The minimum absolute atomic E-state index is 0.0756. The molecule has 6 nitrogen and oxygen atoms in total. The number of sulfonamides is 1. The van der Waals surface area contributed by atoms with E-state index in [-0.39, 0.29) is 4.90 Å². The Hall–Kier alpha value is -2.87. The number of nitrogens with zero attached hydrogens (tertiary/aromatic N) is 2. The quantitative estimate of drug-likeness (QED) is 0.373. The standard InChI is InChI=1S/C23H21Cl2N3O3S/c1-16-3-13-22(14-4-16)32(30,31)28(21-11-9-20(25)10-12-21)15-23(29)27-26-17(2)18-5-7-19(24)8-6-18/h3-14H,15H2,1-2H3,(H,27,29)/b26-17-. The lowest BCUT2D eigenvalue weighted by atomic mass is 10.1. The molecule has 0 radical (unpaired) electrons. The van der Waals surface area contributed by atoms with Crippen molar-refractivity contribution in [3.63, 3.8) is 0 Å². The number of carbonyl (C=O) groups excluding carboxylic acids is 1. The van der Waals surface area contributed by atoms with Gasteiger partial charge in [-0.05, 0) is 67.9 Å². The molecule has 0 saturated heterocycles. The first-order valence-electron chi connectivity index (χ1n) is 9.61. The van der Waals surface area contributed by atoms with E-state index in [9.17, 15) is 13.2 Å². The molecule has 0 aromatic heterocycles. The number of anilines is 1. The molecule has 3 aromatic carbocycles. The van der Waals surface area contributed by atoms with Crippen LogP contribution in [0.4, 0.5) is 5.69 Å². The van der Waals surface area contributed by atoms with E-state index in [1.807, 2.05) is 6.92 Å². The number of halogens is 2. The highest BCUT2D eigenvalue weighted by molar-refractivity contribution is 7.92. The van der Waals surface area contributed by atoms with Gasteiger partial charge in [0.1, 0.15) is 6.54 Å². The molecule has 3 aromatic rings. The molecular formula is C23H21Cl2N3O3S. The fourth-order valence-corrected chi connectivity index (χ4v) is 4.50. The monoisotopic (exact) mass is 489 g/mol. The van der Waals surface area contributed by atoms with E-state index in [0.717, 1.165) is 15.4 Å². The molecule has 9 heteroatoms. The second kappa shape index (κ2) is 10.2. The summed E-state index contributed by atoms with van der Waals surface area (Å²) < 4.78 is 27.7. The zero-order valence-electron chi connectivity index (χ0n) is 17.4. The molecule has 1 N–H and O–H groups in total. The number of hydrogen-bond acceptors (Lipinski definition) is 4. The minimum Gasteiger partial charge on any atom is -0.271 e. The fraction of sp³-hybridized carbons (Fsp3) is 0.130. The first kappa shape index (κ1) is 23.8. The Bertz CT molecular complexity index is 1220. The lowest BCUT2D eigenvalue weighted by Gasteiger charge is -2.24. The third kappa shape index (κ3) is 5.88. The average molecular weight is 490 g/mol. The molecule has 0 bridgehead atoms. The zero-order chi connectivity index (χ0) is 23.3. The summed E-state index contributed by atoms with van der Waals surface area (Å²) in [5.74, 6) is -0.594. The van der Waals surface area contributed by atoms with Crippen molar-refractivity contribution in [1.29, 1.82) is 0 Å². The second-order valence-electron chi connectivity index (χ2n) is 7.04. The van der Waals surface area contributed by atoms with Gasteiger partial charge in [-0.1, -0.05) is 53.0 Å². The number of rotatable bonds is 7. The Morgan fingerprint density at radius 2 is 1.44 bits per heavy atom. The van der Waals surface area contributed by atoms with E-state index in [0.29, 0.717) is 21.4 Å². The number of nitrogens with one attached hydrogen (secondary N) is 1. The van der Waals surface area contributed by atoms with Crippen LogP contribution in [0.3, 0.4) is 0 Å². The van der Waals surface area contributed by atoms with Crippen molar-refractivity contribution in [1.82, 2.24) is 5.43 Å². The fourth-order valence-electron chi connectivity index (χ4n) is 2.83. The van der Waals surface area contributed by atoms with Gasteiger partial charge in [0.25, 0.3) is 15.9 Å². The van der Waals surface area contributed by atoms with E-state index in [2.05, 4.69) is 10.5 Å². The number of benzene rings is 3. The van der Waals surface area contributed by atoms with E-state index in [1.165, 1.54) is 12.1 Å². The Morgan fingerprint density at radius 3 is 2.00 bits per heavy atom. The van der Waals surface area contributed by atoms with Gasteiger partial charge in [-0.2, -0.15) is 5.10 Å². The highest BCUT2D eigenvalue weighted by Crippen LogP contribution is 2.25. The number of carbonyl (C=O) groups is 1. The van der Waals surface area contributed by atoms with Crippen LogP contribution in [-0.4, -0.2) is 26.6 Å². The van der Waals surface area contributed by atoms with Gasteiger partial charge in [0.15, 0.2) is 0 Å². The van der Waals surface area contributed by atoms with Crippen molar-refractivity contribution < 1.29 is 13.2 Å². The molecule has 0 heterocycles. The first-order valence-corrected chi connectivity index (χ1v) is 11.8. The van der Waals surface area contributed by atoms with E-state index < -0.39 is 22.5 Å². The molecule has 3 rings (SSSR count). The lowest BCUT2D eigenvalue weighted by Crippen LogP contribution is -2.39. The Morgan fingerprint density at radius 1 is 0.906 bits per heavy atom. The van der Waals surface area contributed by atoms with Gasteiger partial charge in [0.05, 0.1) is 16.3 Å². The van der Waals surface area contributed by atoms with Gasteiger partial charge in [-0.25, -0.2) is 13.8 Å². The summed E-state index contributed by atoms with van der Waals surface area (Å²) in [4.78, 5) is 12.7. The molecule has 0 unspecified atom stereocenters. The van der Waals surface area contributed by atoms with Crippen LogP contribution in [0, 0.1) is 6.92 Å². The smallest absolute Gasteiger partial charge is 0.264 e. The third-order valence-electron chi connectivity index (χ3n) is 4.62. The van der Waals surface area contributed by atoms with Crippen LogP contribution in [0.1, 0.15) is 18.1 Å². The maximum Gasteiger partial charge on any atom is 0.264 e. The molecule has 0 aliphatic carbocycles. The summed E-state index contributed by atoms with van der Waals surface area (Å²) >= 11 is 11.8. The van der Waals surface area contributed by atoms with Crippen LogP contribution in [-0.2, 0) is 14.8 Å². The molecule has 32 heavy (non-hydrogen) atoms. The molecule has 0 saturated carbocycles. The van der Waals surface area contributed by atoms with Crippen molar-refractivity contribution in [2.24, 2.45) is 5.10 Å². The van der Waals surface area contributed by atoms with Gasteiger partial charge >= 0.3 is 0 Å². The van der Waals surface area contributed by atoms with Gasteiger partial charge in [0.2, 0.25) is 0 Å². The predicted molar refractivity (Wildman–Crippen MR) is 129 cm³/mol. The second-order valence-corrected chi connectivity index (χ2v) is 9.78. The summed E-state index contributed by atoms with van der Waals surface area (Å²) in [6, 6.07) is 19.6. The van der Waals surface area contributed by atoms with Crippen LogP contribution in [0.15, 0.2) is 82.8 Å². The largest absolute Gasteiger partial charge is 0.271 e. The minimum atomic E-state index is -4.01. The summed E-state index contributed by atoms with van der Waals surface area (Å²) in [6.07, 6.45) is 0. The van der Waals surface area contributed by atoms with Crippen LogP contribution in [0.25, 0.3) is 0 Å². The molecule has 0 fully saturated rings. The number of amides is 1. The third-order valence-corrected chi connectivity index (χ3v) is 6.91. The van der Waals surface area contributed by atoms with E-state index in [1.54, 1.807) is 67.6 Å². The van der Waals surface area contributed by atoms with Crippen molar-refractivity contribution in [2.45, 2.75) is 18.7 Å². The van der Waals surface area contributed by atoms with Crippen molar-refractivity contribution in [3.05, 3.63) is 94.0 Å².